The third-order valence-electron chi connectivity index (χ3n) is 3.10. The van der Waals surface area contributed by atoms with Gasteiger partial charge in [0.25, 0.3) is 5.69 Å². The van der Waals surface area contributed by atoms with Gasteiger partial charge in [-0.05, 0) is 61.4 Å². The van der Waals surface area contributed by atoms with Gasteiger partial charge in [-0.1, -0.05) is 0 Å². The molecule has 2 rings (SSSR count). The van der Waals surface area contributed by atoms with Gasteiger partial charge in [0.15, 0.2) is 0 Å². The molecule has 23 heavy (non-hydrogen) atoms. The number of aryl methyl sites for hydroxylation is 1. The Bertz CT molecular complexity index is 756. The second kappa shape index (κ2) is 7.71. The lowest BCUT2D eigenvalue weighted by Gasteiger charge is -2.10. The molecule has 0 spiro atoms. The van der Waals surface area contributed by atoms with Crippen molar-refractivity contribution in [3.8, 4) is 0 Å². The van der Waals surface area contributed by atoms with E-state index in [9.17, 15) is 14.9 Å². The minimum Gasteiger partial charge on any atom is -0.324 e. The van der Waals surface area contributed by atoms with Crippen molar-refractivity contribution >= 4 is 71.7 Å². The van der Waals surface area contributed by atoms with Crippen LogP contribution in [0.5, 0.6) is 0 Å². The summed E-state index contributed by atoms with van der Waals surface area (Å²) in [5.41, 5.74) is 1.41. The zero-order valence-electron chi connectivity index (χ0n) is 11.8. The van der Waals surface area contributed by atoms with E-state index in [1.54, 1.807) is 10.9 Å². The number of rotatable bonds is 5. The highest BCUT2D eigenvalue weighted by Gasteiger charge is 2.16. The van der Waals surface area contributed by atoms with E-state index in [2.05, 4.69) is 64.9 Å². The summed E-state index contributed by atoms with van der Waals surface area (Å²) in [6.07, 6.45) is 1.99. The molecule has 1 N–H and O–H groups in total. The normalized spacial score (nSPS) is 10.6. The van der Waals surface area contributed by atoms with Crippen LogP contribution in [-0.2, 0) is 11.3 Å². The monoisotopic (exact) mass is 556 g/mol. The Morgan fingerprint density at radius 2 is 2.04 bits per heavy atom. The van der Waals surface area contributed by atoms with E-state index in [1.807, 2.05) is 6.92 Å². The van der Waals surface area contributed by atoms with Gasteiger partial charge in [0.1, 0.15) is 0 Å². The van der Waals surface area contributed by atoms with Gasteiger partial charge in [0.2, 0.25) is 5.91 Å². The number of carbonyl (C=O) groups excluding carboxylic acids is 1. The number of non-ortho nitro benzene ring substituents is 1. The first-order chi connectivity index (χ1) is 10.8. The van der Waals surface area contributed by atoms with Crippen molar-refractivity contribution in [2.24, 2.45) is 0 Å². The van der Waals surface area contributed by atoms with Gasteiger partial charge in [0.05, 0.1) is 26.9 Å². The highest BCUT2D eigenvalue weighted by Crippen LogP contribution is 2.35. The maximum absolute atomic E-state index is 12.1. The van der Waals surface area contributed by atoms with E-state index in [4.69, 9.17) is 0 Å². The molecule has 1 amide bonds. The van der Waals surface area contributed by atoms with E-state index in [1.165, 1.54) is 12.1 Å². The van der Waals surface area contributed by atoms with Crippen LogP contribution in [0.25, 0.3) is 0 Å². The standard InChI is InChI=1S/C13H11Br2IN4O3/c1-7-11(16)6-17-19(7)3-2-12(21)18-13-9(14)4-8(20(22)23)5-10(13)15/h4-6H,2-3H2,1H3,(H,18,21). The number of aromatic nitrogens is 2. The van der Waals surface area contributed by atoms with Crippen LogP contribution in [0.4, 0.5) is 11.4 Å². The van der Waals surface area contributed by atoms with Gasteiger partial charge in [-0.25, -0.2) is 0 Å². The molecule has 0 aliphatic rings. The topological polar surface area (TPSA) is 90.1 Å². The maximum Gasteiger partial charge on any atom is 0.271 e. The number of nitrogens with one attached hydrogen (secondary N) is 1. The fraction of sp³-hybridized carbons (Fsp3) is 0.231. The van der Waals surface area contributed by atoms with Gasteiger partial charge >= 0.3 is 0 Å². The quantitative estimate of drug-likeness (QED) is 0.338. The molecule has 1 heterocycles. The summed E-state index contributed by atoms with van der Waals surface area (Å²) in [4.78, 5) is 22.4. The van der Waals surface area contributed by atoms with Gasteiger partial charge in [-0.2, -0.15) is 5.10 Å². The van der Waals surface area contributed by atoms with Crippen molar-refractivity contribution in [1.82, 2.24) is 9.78 Å². The molecule has 0 saturated carbocycles. The summed E-state index contributed by atoms with van der Waals surface area (Å²) >= 11 is 8.66. The zero-order valence-corrected chi connectivity index (χ0v) is 17.2. The van der Waals surface area contributed by atoms with E-state index in [-0.39, 0.29) is 18.0 Å². The molecule has 2 aromatic rings. The van der Waals surface area contributed by atoms with Crippen LogP contribution >= 0.6 is 54.5 Å². The summed E-state index contributed by atoms with van der Waals surface area (Å²) < 4.78 is 3.69. The molecule has 0 radical (unpaired) electrons. The molecular formula is C13H11Br2IN4O3. The van der Waals surface area contributed by atoms with Crippen molar-refractivity contribution in [2.75, 3.05) is 5.32 Å². The van der Waals surface area contributed by atoms with Crippen LogP contribution < -0.4 is 5.32 Å². The SMILES string of the molecule is Cc1c(I)cnn1CCC(=O)Nc1c(Br)cc([N+](=O)[O-])cc1Br. The molecule has 7 nitrogen and oxygen atoms in total. The predicted molar refractivity (Wildman–Crippen MR) is 101 cm³/mol. The van der Waals surface area contributed by atoms with Crippen molar-refractivity contribution in [1.29, 1.82) is 0 Å². The van der Waals surface area contributed by atoms with E-state index >= 15 is 0 Å². The smallest absolute Gasteiger partial charge is 0.271 e. The van der Waals surface area contributed by atoms with Gasteiger partial charge in [-0.15, -0.1) is 0 Å². The number of nitro benzene ring substituents is 1. The third kappa shape index (κ3) is 4.51. The second-order valence-corrected chi connectivity index (χ2v) is 7.51. The first-order valence-corrected chi connectivity index (χ1v) is 9.07. The Morgan fingerprint density at radius 3 is 2.52 bits per heavy atom. The number of benzene rings is 1. The fourth-order valence-corrected chi connectivity index (χ4v) is 3.61. The van der Waals surface area contributed by atoms with Crippen LogP contribution in [0, 0.1) is 20.6 Å². The number of hydrogen-bond acceptors (Lipinski definition) is 4. The number of carbonyl (C=O) groups is 1. The number of amides is 1. The van der Waals surface area contributed by atoms with Crippen molar-refractivity contribution in [3.05, 3.63) is 46.7 Å². The van der Waals surface area contributed by atoms with E-state index < -0.39 is 4.92 Å². The Labute approximate surface area is 162 Å². The molecule has 1 aromatic heterocycles. The molecule has 1 aromatic carbocycles. The molecule has 0 unspecified atom stereocenters. The van der Waals surface area contributed by atoms with Crippen LogP contribution in [0.2, 0.25) is 0 Å². The van der Waals surface area contributed by atoms with Crippen LogP contribution in [0.3, 0.4) is 0 Å². The maximum atomic E-state index is 12.1. The molecule has 122 valence electrons. The fourth-order valence-electron chi connectivity index (χ4n) is 1.84. The number of nitrogens with zero attached hydrogens (tertiary/aromatic N) is 3. The average Bonchev–Trinajstić information content (AvgIpc) is 2.80. The highest BCUT2D eigenvalue weighted by atomic mass is 127. The number of hydrogen-bond donors (Lipinski definition) is 1. The highest BCUT2D eigenvalue weighted by molar-refractivity contribution is 14.1. The Balaban J connectivity index is 2.06. The number of anilines is 1. The minimum absolute atomic E-state index is 0.0662. The lowest BCUT2D eigenvalue weighted by molar-refractivity contribution is -0.385. The summed E-state index contributed by atoms with van der Waals surface area (Å²) in [5, 5.41) is 17.7. The average molecular weight is 558 g/mol. The van der Waals surface area contributed by atoms with E-state index in [0.717, 1.165) is 9.26 Å². The Hall–Kier alpha value is -1.01. The molecular weight excluding hydrogens is 547 g/mol. The third-order valence-corrected chi connectivity index (χ3v) is 5.41. The molecule has 10 heteroatoms. The molecule has 0 aliphatic carbocycles. The van der Waals surface area contributed by atoms with Gasteiger partial charge < -0.3 is 5.32 Å². The molecule has 0 atom stereocenters. The van der Waals surface area contributed by atoms with Crippen molar-refractivity contribution in [2.45, 2.75) is 19.9 Å². The van der Waals surface area contributed by atoms with Crippen LogP contribution in [0.1, 0.15) is 12.1 Å². The zero-order chi connectivity index (χ0) is 17.1. The first-order valence-electron chi connectivity index (χ1n) is 6.40. The Kier molecular flexibility index (Phi) is 6.14. The molecule has 0 saturated heterocycles. The Morgan fingerprint density at radius 1 is 1.43 bits per heavy atom. The number of halogens is 3. The minimum atomic E-state index is -0.497. The molecule has 0 aliphatic heterocycles. The number of nitro groups is 1. The molecule has 0 fully saturated rings. The lowest BCUT2D eigenvalue weighted by atomic mass is 10.2. The predicted octanol–water partition coefficient (Wildman–Crippen LogP) is 4.26. The van der Waals surface area contributed by atoms with E-state index in [0.29, 0.717) is 21.2 Å². The largest absolute Gasteiger partial charge is 0.324 e. The van der Waals surface area contributed by atoms with Gasteiger partial charge in [-0.3, -0.25) is 19.6 Å². The van der Waals surface area contributed by atoms with Crippen LogP contribution in [-0.4, -0.2) is 20.6 Å². The summed E-state index contributed by atoms with van der Waals surface area (Å²) in [6.45, 7) is 2.40. The molecule has 0 bridgehead atoms. The lowest BCUT2D eigenvalue weighted by Crippen LogP contribution is -2.16. The van der Waals surface area contributed by atoms with Gasteiger partial charge in [0, 0.05) is 33.2 Å². The first kappa shape index (κ1) is 18.3. The summed E-state index contributed by atoms with van der Waals surface area (Å²) in [7, 11) is 0. The summed E-state index contributed by atoms with van der Waals surface area (Å²) in [5.74, 6) is -0.204. The van der Waals surface area contributed by atoms with Crippen molar-refractivity contribution in [3.63, 3.8) is 0 Å². The summed E-state index contributed by atoms with van der Waals surface area (Å²) in [6, 6.07) is 2.70. The van der Waals surface area contributed by atoms with Crippen LogP contribution in [0.15, 0.2) is 27.3 Å². The second-order valence-electron chi connectivity index (χ2n) is 4.64. The van der Waals surface area contributed by atoms with Crippen molar-refractivity contribution < 1.29 is 9.72 Å².